The molecule has 0 aromatic heterocycles. The molecule has 0 saturated carbocycles. The van der Waals surface area contributed by atoms with Crippen molar-refractivity contribution in [2.45, 2.75) is 39.5 Å². The molecule has 0 fully saturated rings. The van der Waals surface area contributed by atoms with Crippen LogP contribution >= 0.6 is 12.4 Å². The van der Waals surface area contributed by atoms with Gasteiger partial charge in [-0.25, -0.2) is 0 Å². The second-order valence-electron chi connectivity index (χ2n) is 5.10. The Morgan fingerprint density at radius 2 is 1.85 bits per heavy atom. The summed E-state index contributed by atoms with van der Waals surface area (Å²) in [6, 6.07) is 8.19. The second-order valence-corrected chi connectivity index (χ2v) is 5.10. The topological polar surface area (TPSA) is 41.1 Å². The first-order chi connectivity index (χ1) is 9.17. The molecule has 1 amide bonds. The fourth-order valence-corrected chi connectivity index (χ4v) is 2.00. The summed E-state index contributed by atoms with van der Waals surface area (Å²) in [5.41, 5.74) is 2.22. The molecule has 0 bridgehead atoms. The van der Waals surface area contributed by atoms with E-state index in [1.807, 2.05) is 26.1 Å². The van der Waals surface area contributed by atoms with Crippen molar-refractivity contribution in [1.29, 1.82) is 0 Å². The van der Waals surface area contributed by atoms with Crippen LogP contribution in [-0.2, 0) is 11.2 Å². The predicted molar refractivity (Wildman–Crippen MR) is 88.6 cm³/mol. The molecule has 0 aliphatic heterocycles. The molecule has 0 aliphatic rings. The maximum Gasteiger partial charge on any atom is 0.228 e. The molecule has 0 radical (unpaired) electrons. The number of benzene rings is 1. The van der Waals surface area contributed by atoms with Gasteiger partial charge in [0.05, 0.1) is 0 Å². The molecule has 1 aromatic carbocycles. The third-order valence-electron chi connectivity index (χ3n) is 3.25. The third kappa shape index (κ3) is 6.92. The summed E-state index contributed by atoms with van der Waals surface area (Å²) in [4.78, 5) is 11.8. The molecular weight excluding hydrogens is 272 g/mol. The first-order valence-corrected chi connectivity index (χ1v) is 7.21. The molecule has 3 nitrogen and oxygen atoms in total. The highest BCUT2D eigenvalue weighted by Crippen LogP contribution is 2.13. The highest BCUT2D eigenvalue weighted by molar-refractivity contribution is 5.92. The van der Waals surface area contributed by atoms with Crippen molar-refractivity contribution in [3.63, 3.8) is 0 Å². The maximum absolute atomic E-state index is 11.8. The van der Waals surface area contributed by atoms with Crippen molar-refractivity contribution in [3.05, 3.63) is 29.8 Å². The molecule has 4 heteroatoms. The average Bonchev–Trinajstić information content (AvgIpc) is 2.41. The SMILES string of the molecule is CCCCCc1ccc(NC(=O)C(C)CNC)cc1.Cl. The van der Waals surface area contributed by atoms with Crippen LogP contribution in [-0.4, -0.2) is 19.5 Å². The molecule has 0 aliphatic carbocycles. The number of halogens is 1. The number of carbonyl (C=O) groups is 1. The smallest absolute Gasteiger partial charge is 0.228 e. The van der Waals surface area contributed by atoms with Gasteiger partial charge in [-0.1, -0.05) is 38.8 Å². The zero-order valence-corrected chi connectivity index (χ0v) is 13.6. The van der Waals surface area contributed by atoms with E-state index < -0.39 is 0 Å². The van der Waals surface area contributed by atoms with E-state index in [0.717, 1.165) is 12.1 Å². The minimum absolute atomic E-state index is 0. The van der Waals surface area contributed by atoms with Crippen LogP contribution in [0.4, 0.5) is 5.69 Å². The van der Waals surface area contributed by atoms with E-state index in [1.54, 1.807) is 0 Å². The Morgan fingerprint density at radius 3 is 2.40 bits per heavy atom. The van der Waals surface area contributed by atoms with Gasteiger partial charge in [-0.15, -0.1) is 12.4 Å². The molecular formula is C16H27ClN2O. The van der Waals surface area contributed by atoms with Crippen LogP contribution in [0.3, 0.4) is 0 Å². The summed E-state index contributed by atoms with van der Waals surface area (Å²) in [5.74, 6) is 0.0438. The van der Waals surface area contributed by atoms with E-state index in [9.17, 15) is 4.79 Å². The van der Waals surface area contributed by atoms with E-state index in [2.05, 4.69) is 29.7 Å². The number of anilines is 1. The Kier molecular flexibility index (Phi) is 10.1. The summed E-state index contributed by atoms with van der Waals surface area (Å²) < 4.78 is 0. The van der Waals surface area contributed by atoms with Crippen molar-refractivity contribution in [1.82, 2.24) is 5.32 Å². The van der Waals surface area contributed by atoms with Gasteiger partial charge in [0.15, 0.2) is 0 Å². The van der Waals surface area contributed by atoms with Crippen LogP contribution in [0.1, 0.15) is 38.7 Å². The lowest BCUT2D eigenvalue weighted by molar-refractivity contribution is -0.119. The fraction of sp³-hybridized carbons (Fsp3) is 0.562. The molecule has 0 heterocycles. The van der Waals surface area contributed by atoms with Gasteiger partial charge < -0.3 is 10.6 Å². The Labute approximate surface area is 128 Å². The highest BCUT2D eigenvalue weighted by Gasteiger charge is 2.11. The molecule has 114 valence electrons. The van der Waals surface area contributed by atoms with Gasteiger partial charge in [0.2, 0.25) is 5.91 Å². The fourth-order valence-electron chi connectivity index (χ4n) is 2.00. The average molecular weight is 299 g/mol. The van der Waals surface area contributed by atoms with Gasteiger partial charge in [0.25, 0.3) is 0 Å². The summed E-state index contributed by atoms with van der Waals surface area (Å²) in [7, 11) is 1.86. The Balaban J connectivity index is 0.00000361. The number of hydrogen-bond acceptors (Lipinski definition) is 2. The first-order valence-electron chi connectivity index (χ1n) is 7.21. The monoisotopic (exact) mass is 298 g/mol. The van der Waals surface area contributed by atoms with Crippen LogP contribution in [0.15, 0.2) is 24.3 Å². The van der Waals surface area contributed by atoms with Crippen molar-refractivity contribution in [2.24, 2.45) is 5.92 Å². The Morgan fingerprint density at radius 1 is 1.20 bits per heavy atom. The lowest BCUT2D eigenvalue weighted by Crippen LogP contribution is -2.28. The molecule has 0 saturated heterocycles. The van der Waals surface area contributed by atoms with Crippen LogP contribution in [0.5, 0.6) is 0 Å². The van der Waals surface area contributed by atoms with E-state index in [-0.39, 0.29) is 24.2 Å². The van der Waals surface area contributed by atoms with Gasteiger partial charge in [0, 0.05) is 18.2 Å². The Hall–Kier alpha value is -1.06. The summed E-state index contributed by atoms with van der Waals surface area (Å²) in [6.07, 6.45) is 4.89. The normalized spacial score (nSPS) is 11.6. The van der Waals surface area contributed by atoms with Crippen molar-refractivity contribution < 1.29 is 4.79 Å². The summed E-state index contributed by atoms with van der Waals surface area (Å²) >= 11 is 0. The van der Waals surface area contributed by atoms with Crippen molar-refractivity contribution in [2.75, 3.05) is 18.9 Å². The largest absolute Gasteiger partial charge is 0.326 e. The zero-order chi connectivity index (χ0) is 14.1. The minimum atomic E-state index is -0.0192. The number of aryl methyl sites for hydroxylation is 1. The number of rotatable bonds is 8. The van der Waals surface area contributed by atoms with E-state index in [0.29, 0.717) is 6.54 Å². The van der Waals surface area contributed by atoms with Gasteiger partial charge in [-0.3, -0.25) is 4.79 Å². The van der Waals surface area contributed by atoms with Crippen LogP contribution < -0.4 is 10.6 Å². The third-order valence-corrected chi connectivity index (χ3v) is 3.25. The lowest BCUT2D eigenvalue weighted by Gasteiger charge is -2.12. The number of nitrogens with one attached hydrogen (secondary N) is 2. The van der Waals surface area contributed by atoms with Crippen LogP contribution in [0, 0.1) is 5.92 Å². The van der Waals surface area contributed by atoms with Crippen molar-refractivity contribution in [3.8, 4) is 0 Å². The molecule has 1 unspecified atom stereocenters. The van der Waals surface area contributed by atoms with Gasteiger partial charge in [-0.2, -0.15) is 0 Å². The molecule has 1 atom stereocenters. The standard InChI is InChI=1S/C16H26N2O.ClH/c1-4-5-6-7-14-8-10-15(11-9-14)18-16(19)13(2)12-17-3;/h8-11,13,17H,4-7,12H2,1-3H3,(H,18,19);1H. The number of hydrogen-bond donors (Lipinski definition) is 2. The van der Waals surface area contributed by atoms with E-state index in [4.69, 9.17) is 0 Å². The van der Waals surface area contributed by atoms with Crippen molar-refractivity contribution >= 4 is 24.0 Å². The summed E-state index contributed by atoms with van der Waals surface area (Å²) in [5, 5.41) is 5.95. The Bertz CT molecular complexity index is 379. The lowest BCUT2D eigenvalue weighted by atomic mass is 10.1. The quantitative estimate of drug-likeness (QED) is 0.720. The van der Waals surface area contributed by atoms with Gasteiger partial charge >= 0.3 is 0 Å². The number of unbranched alkanes of at least 4 members (excludes halogenated alkanes) is 2. The second kappa shape index (κ2) is 10.7. The van der Waals surface area contributed by atoms with Gasteiger partial charge in [-0.05, 0) is 37.6 Å². The number of amides is 1. The molecule has 2 N–H and O–H groups in total. The first kappa shape index (κ1) is 18.9. The van der Waals surface area contributed by atoms with E-state index >= 15 is 0 Å². The molecule has 20 heavy (non-hydrogen) atoms. The molecule has 0 spiro atoms. The van der Waals surface area contributed by atoms with E-state index in [1.165, 1.54) is 24.8 Å². The molecule has 1 aromatic rings. The van der Waals surface area contributed by atoms with Gasteiger partial charge in [0.1, 0.15) is 0 Å². The number of carbonyl (C=O) groups excluding carboxylic acids is 1. The maximum atomic E-state index is 11.8. The zero-order valence-electron chi connectivity index (χ0n) is 12.7. The van der Waals surface area contributed by atoms with Crippen LogP contribution in [0.2, 0.25) is 0 Å². The molecule has 1 rings (SSSR count). The van der Waals surface area contributed by atoms with Crippen LogP contribution in [0.25, 0.3) is 0 Å². The highest BCUT2D eigenvalue weighted by atomic mass is 35.5. The predicted octanol–water partition coefficient (Wildman–Crippen LogP) is 3.64. The summed E-state index contributed by atoms with van der Waals surface area (Å²) in [6.45, 7) is 4.83. The minimum Gasteiger partial charge on any atom is -0.326 e.